The highest BCUT2D eigenvalue weighted by molar-refractivity contribution is 7.98. The first-order valence-electron chi connectivity index (χ1n) is 11.5. The van der Waals surface area contributed by atoms with Gasteiger partial charge in [0.15, 0.2) is 5.13 Å². The Labute approximate surface area is 228 Å². The lowest BCUT2D eigenvalue weighted by molar-refractivity contribution is 0.233. The van der Waals surface area contributed by atoms with Crippen molar-refractivity contribution < 1.29 is 14.6 Å². The minimum atomic E-state index is 0.0485. The van der Waals surface area contributed by atoms with Crippen LogP contribution in [0.3, 0.4) is 0 Å². The second-order valence-electron chi connectivity index (χ2n) is 7.89. The number of nitrogen functional groups attached to an aromatic ring is 1. The molecule has 0 saturated carbocycles. The fraction of sp³-hybridized carbons (Fsp3) is 0.185. The summed E-state index contributed by atoms with van der Waals surface area (Å²) in [4.78, 5) is 9.00. The van der Waals surface area contributed by atoms with Gasteiger partial charge in [-0.1, -0.05) is 30.0 Å². The molecule has 2 heterocycles. The number of benzene rings is 2. The number of anilines is 3. The first-order valence-corrected chi connectivity index (χ1v) is 13.4. The number of rotatable bonds is 11. The maximum atomic E-state index is 10.0. The largest absolute Gasteiger partial charge is 0.497 e. The maximum Gasteiger partial charge on any atom is 0.187 e. The van der Waals surface area contributed by atoms with E-state index in [1.807, 2.05) is 29.6 Å². The predicted molar refractivity (Wildman–Crippen MR) is 149 cm³/mol. The molecule has 0 radical (unpaired) electrons. The molecule has 38 heavy (non-hydrogen) atoms. The van der Waals surface area contributed by atoms with Crippen LogP contribution in [0.1, 0.15) is 23.2 Å². The quantitative estimate of drug-likeness (QED) is 0.167. The topological polar surface area (TPSA) is 150 Å². The van der Waals surface area contributed by atoms with E-state index in [4.69, 9.17) is 20.3 Å². The summed E-state index contributed by atoms with van der Waals surface area (Å²) in [6, 6.07) is 18.9. The molecule has 192 valence electrons. The number of methoxy groups -OCH3 is 1. The van der Waals surface area contributed by atoms with E-state index in [9.17, 15) is 10.5 Å². The molecule has 0 atom stereocenters. The van der Waals surface area contributed by atoms with Gasteiger partial charge in [0.25, 0.3) is 0 Å². The molecule has 0 saturated heterocycles. The zero-order valence-corrected chi connectivity index (χ0v) is 22.1. The first kappa shape index (κ1) is 26.8. The van der Waals surface area contributed by atoms with Crippen LogP contribution in [0, 0.1) is 22.7 Å². The number of nitrogens with one attached hydrogen (secondary N) is 1. The molecular formula is C27H24N6O3S2. The molecule has 0 aliphatic heterocycles. The summed E-state index contributed by atoms with van der Waals surface area (Å²) in [6.45, 7) is 0.436. The van der Waals surface area contributed by atoms with Gasteiger partial charge in [-0.15, -0.1) is 11.3 Å². The molecule has 0 spiro atoms. The molecule has 0 aliphatic rings. The maximum absolute atomic E-state index is 10.0. The van der Waals surface area contributed by atoms with E-state index in [1.165, 1.54) is 23.1 Å². The van der Waals surface area contributed by atoms with Gasteiger partial charge < -0.3 is 25.6 Å². The summed E-state index contributed by atoms with van der Waals surface area (Å²) in [5.41, 5.74) is 9.34. The number of hydrogen-bond donors (Lipinski definition) is 3. The normalized spacial score (nSPS) is 10.4. The van der Waals surface area contributed by atoms with Crippen molar-refractivity contribution in [3.63, 3.8) is 0 Å². The van der Waals surface area contributed by atoms with Crippen molar-refractivity contribution in [3.05, 3.63) is 70.7 Å². The predicted octanol–water partition coefficient (Wildman–Crippen LogP) is 5.34. The van der Waals surface area contributed by atoms with Crippen molar-refractivity contribution in [3.8, 4) is 34.8 Å². The second kappa shape index (κ2) is 12.8. The third-order valence-electron chi connectivity index (χ3n) is 5.36. The average Bonchev–Trinajstić information content (AvgIpc) is 3.39. The number of pyridine rings is 1. The van der Waals surface area contributed by atoms with Gasteiger partial charge in [0.2, 0.25) is 0 Å². The van der Waals surface area contributed by atoms with Gasteiger partial charge in [0.1, 0.15) is 40.0 Å². The molecule has 2 aromatic carbocycles. The van der Waals surface area contributed by atoms with E-state index in [0.717, 1.165) is 22.3 Å². The number of nitriles is 2. The summed E-state index contributed by atoms with van der Waals surface area (Å²) in [7, 11) is 1.62. The van der Waals surface area contributed by atoms with Crippen LogP contribution in [-0.2, 0) is 5.75 Å². The Hall–Kier alpha value is -4.29. The van der Waals surface area contributed by atoms with Gasteiger partial charge in [-0.3, -0.25) is 0 Å². The van der Waals surface area contributed by atoms with E-state index in [1.54, 1.807) is 31.4 Å². The molecule has 0 fully saturated rings. The van der Waals surface area contributed by atoms with Crippen LogP contribution in [0.25, 0.3) is 11.1 Å². The lowest BCUT2D eigenvalue weighted by Crippen LogP contribution is -2.04. The molecule has 0 unspecified atom stereocenters. The van der Waals surface area contributed by atoms with Crippen LogP contribution in [0.15, 0.2) is 58.9 Å². The monoisotopic (exact) mass is 544 g/mol. The fourth-order valence-electron chi connectivity index (χ4n) is 3.56. The molecule has 11 heteroatoms. The lowest BCUT2D eigenvalue weighted by Gasteiger charge is -2.13. The zero-order chi connectivity index (χ0) is 26.9. The SMILES string of the molecule is COc1cccc(Nc2nc(CSc3nc(N)c(C#N)c(-c4ccc(OCCCO)cc4)c3C#N)cs2)c1. The molecular weight excluding hydrogens is 520 g/mol. The Kier molecular flexibility index (Phi) is 9.01. The molecule has 2 aromatic heterocycles. The van der Waals surface area contributed by atoms with E-state index >= 15 is 0 Å². The van der Waals surface area contributed by atoms with Gasteiger partial charge in [0, 0.05) is 41.5 Å². The third-order valence-corrected chi connectivity index (χ3v) is 7.17. The average molecular weight is 545 g/mol. The van der Waals surface area contributed by atoms with Crippen LogP contribution >= 0.6 is 23.1 Å². The second-order valence-corrected chi connectivity index (χ2v) is 9.71. The Morgan fingerprint density at radius 2 is 1.87 bits per heavy atom. The fourth-order valence-corrected chi connectivity index (χ4v) is 5.28. The van der Waals surface area contributed by atoms with Crippen molar-refractivity contribution >= 4 is 39.7 Å². The van der Waals surface area contributed by atoms with Crippen molar-refractivity contribution in [1.29, 1.82) is 10.5 Å². The summed E-state index contributed by atoms with van der Waals surface area (Å²) >= 11 is 2.80. The minimum Gasteiger partial charge on any atom is -0.497 e. The number of ether oxygens (including phenoxy) is 2. The van der Waals surface area contributed by atoms with Crippen LogP contribution < -0.4 is 20.5 Å². The Bertz CT molecular complexity index is 1490. The van der Waals surface area contributed by atoms with Crippen molar-refractivity contribution in [2.24, 2.45) is 0 Å². The van der Waals surface area contributed by atoms with E-state index in [0.29, 0.717) is 40.7 Å². The Balaban J connectivity index is 1.55. The Morgan fingerprint density at radius 3 is 2.58 bits per heavy atom. The highest BCUT2D eigenvalue weighted by Gasteiger charge is 2.21. The van der Waals surface area contributed by atoms with Gasteiger partial charge in [-0.05, 0) is 29.8 Å². The molecule has 4 aromatic rings. The van der Waals surface area contributed by atoms with Gasteiger partial charge in [-0.2, -0.15) is 10.5 Å². The summed E-state index contributed by atoms with van der Waals surface area (Å²) in [5.74, 6) is 1.89. The third kappa shape index (κ3) is 6.33. The van der Waals surface area contributed by atoms with Gasteiger partial charge in [0.05, 0.1) is 25.0 Å². The first-order chi connectivity index (χ1) is 18.6. The van der Waals surface area contributed by atoms with Crippen molar-refractivity contribution in [1.82, 2.24) is 9.97 Å². The number of aromatic nitrogens is 2. The van der Waals surface area contributed by atoms with Crippen LogP contribution in [0.5, 0.6) is 11.5 Å². The molecule has 0 aliphatic carbocycles. The number of nitrogens with zero attached hydrogens (tertiary/aromatic N) is 4. The summed E-state index contributed by atoms with van der Waals surface area (Å²) < 4.78 is 10.8. The number of nitrogens with two attached hydrogens (primary N) is 1. The van der Waals surface area contributed by atoms with Crippen LogP contribution in [0.4, 0.5) is 16.6 Å². The summed E-state index contributed by atoms with van der Waals surface area (Å²) in [5, 5.41) is 35.1. The van der Waals surface area contributed by atoms with Crippen LogP contribution in [-0.4, -0.2) is 35.4 Å². The minimum absolute atomic E-state index is 0.0485. The molecule has 4 rings (SSSR count). The van der Waals surface area contributed by atoms with E-state index < -0.39 is 0 Å². The molecule has 0 bridgehead atoms. The highest BCUT2D eigenvalue weighted by Crippen LogP contribution is 2.37. The highest BCUT2D eigenvalue weighted by atomic mass is 32.2. The van der Waals surface area contributed by atoms with Crippen molar-refractivity contribution in [2.45, 2.75) is 17.2 Å². The van der Waals surface area contributed by atoms with Crippen molar-refractivity contribution in [2.75, 3.05) is 31.4 Å². The Morgan fingerprint density at radius 1 is 1.08 bits per heavy atom. The standard InChI is InChI=1S/C27H24N6O3S2/c1-35-21-5-2-4-18(12-21)31-27-32-19(16-38-27)15-37-26-23(14-29)24(22(13-28)25(30)33-26)17-6-8-20(9-7-17)36-11-3-10-34/h2,4-9,12,16,34H,3,10-11,15H2,1H3,(H2,30,33)(H,31,32). The van der Waals surface area contributed by atoms with Gasteiger partial charge >= 0.3 is 0 Å². The number of aliphatic hydroxyl groups is 1. The number of thiazole rings is 1. The molecule has 4 N–H and O–H groups in total. The van der Waals surface area contributed by atoms with Crippen LogP contribution in [0.2, 0.25) is 0 Å². The lowest BCUT2D eigenvalue weighted by atomic mass is 9.97. The number of aliphatic hydroxyl groups excluding tert-OH is 1. The zero-order valence-electron chi connectivity index (χ0n) is 20.5. The molecule has 9 nitrogen and oxygen atoms in total. The number of hydrogen-bond acceptors (Lipinski definition) is 11. The summed E-state index contributed by atoms with van der Waals surface area (Å²) in [6.07, 6.45) is 0.526. The number of thioether (sulfide) groups is 1. The van der Waals surface area contributed by atoms with Gasteiger partial charge in [-0.25, -0.2) is 9.97 Å². The smallest absolute Gasteiger partial charge is 0.187 e. The molecule has 0 amide bonds. The van der Waals surface area contributed by atoms with E-state index in [-0.39, 0.29) is 23.6 Å². The van der Waals surface area contributed by atoms with E-state index in [2.05, 4.69) is 27.4 Å².